The summed E-state index contributed by atoms with van der Waals surface area (Å²) in [6.07, 6.45) is 0. The molecule has 0 saturated carbocycles. The van der Waals surface area contributed by atoms with Crippen molar-refractivity contribution in [1.82, 2.24) is 0 Å². The molecule has 0 aliphatic heterocycles. The van der Waals surface area contributed by atoms with Crippen LogP contribution in [0.2, 0.25) is 0 Å². The van der Waals surface area contributed by atoms with E-state index in [1.165, 1.54) is 0 Å². The Morgan fingerprint density at radius 3 is 1.00 bits per heavy atom. The van der Waals surface area contributed by atoms with Crippen molar-refractivity contribution in [2.75, 3.05) is 0 Å². The van der Waals surface area contributed by atoms with E-state index in [0.717, 1.165) is 0 Å². The molecule has 0 aliphatic rings. The fraction of sp³-hybridized carbons (Fsp3) is 0. The van der Waals surface area contributed by atoms with Gasteiger partial charge in [0.05, 0.1) is 0 Å². The van der Waals surface area contributed by atoms with Gasteiger partial charge < -0.3 is 0 Å². The van der Waals surface area contributed by atoms with Crippen LogP contribution in [0.4, 0.5) is 0 Å². The summed E-state index contributed by atoms with van der Waals surface area (Å²) in [7, 11) is 0. The zero-order valence-corrected chi connectivity index (χ0v) is 13.5. The molecule has 0 saturated heterocycles. The molecule has 7 heavy (non-hydrogen) atoms. The fourth-order valence-corrected chi connectivity index (χ4v) is 0. The maximum absolute atomic E-state index is 0. The van der Waals surface area contributed by atoms with Gasteiger partial charge in [-0.1, -0.05) is 0 Å². The second-order valence-corrected chi connectivity index (χ2v) is 0. The van der Waals surface area contributed by atoms with E-state index in [9.17, 15) is 0 Å². The van der Waals surface area contributed by atoms with Crippen LogP contribution in [-0.4, -0.2) is 78.3 Å². The maximum atomic E-state index is 0. The Balaban J connectivity index is 0. The van der Waals surface area contributed by atoms with Gasteiger partial charge in [-0.25, -0.2) is 0 Å². The van der Waals surface area contributed by atoms with Gasteiger partial charge in [-0.05, 0) is 0 Å². The van der Waals surface area contributed by atoms with E-state index in [0.29, 0.717) is 0 Å². The molecule has 0 aromatic heterocycles. The molecular weight excluding hydrogens is 289 g/mol. The van der Waals surface area contributed by atoms with E-state index in [2.05, 4.69) is 0 Å². The maximum Gasteiger partial charge on any atom is 0 e. The van der Waals surface area contributed by atoms with Crippen LogP contribution >= 0.6 is 13.5 Å². The minimum atomic E-state index is 0. The predicted octanol–water partition coefficient (Wildman–Crippen LogP) is -1.04. The van der Waals surface area contributed by atoms with Crippen LogP contribution in [0, 0.1) is 0 Å². The van der Waals surface area contributed by atoms with Gasteiger partial charge in [0.15, 0.2) is 0 Å². The van der Waals surface area contributed by atoms with Gasteiger partial charge in [-0.3, -0.25) is 0 Å². The van der Waals surface area contributed by atoms with Crippen molar-refractivity contribution < 1.29 is 52.1 Å². The molecule has 0 aliphatic carbocycles. The summed E-state index contributed by atoms with van der Waals surface area (Å²) in [5.41, 5.74) is 0. The molecule has 0 rings (SSSR count). The Kier molecular flexibility index (Phi) is 429. The molecule has 0 fully saturated rings. The van der Waals surface area contributed by atoms with Crippen LogP contribution in [0.5, 0.6) is 0 Å². The summed E-state index contributed by atoms with van der Waals surface area (Å²) in [5, 5.41) is 0. The van der Waals surface area contributed by atoms with Gasteiger partial charge in [0, 0.05) is 130 Å². The number of hydrogen-bond acceptors (Lipinski definition) is 0. The summed E-state index contributed by atoms with van der Waals surface area (Å²) in [5.74, 6) is 0. The van der Waals surface area contributed by atoms with E-state index in [4.69, 9.17) is 0 Å². The molecule has 0 unspecified atom stereocenters. The molecule has 38 valence electrons. The third-order valence-corrected chi connectivity index (χ3v) is 0. The van der Waals surface area contributed by atoms with Gasteiger partial charge in [-0.15, -0.1) is 0 Å². The van der Waals surface area contributed by atoms with Crippen molar-refractivity contribution in [1.29, 1.82) is 0 Å². The fourth-order valence-electron chi connectivity index (χ4n) is 0. The van der Waals surface area contributed by atoms with Crippen LogP contribution in [0.15, 0.2) is 0 Å². The van der Waals surface area contributed by atoms with Crippen molar-refractivity contribution in [3.63, 3.8) is 0 Å². The number of hydrogen-bond donors (Lipinski definition) is 0. The SMILES string of the molecule is S.[Ca].[Fe].[Na].[Ni].[Si].[V]. The predicted molar refractivity (Wildman–Crippen MR) is 27.6 cm³/mol. The van der Waals surface area contributed by atoms with Crippen molar-refractivity contribution >= 4 is 91.8 Å². The summed E-state index contributed by atoms with van der Waals surface area (Å²) in [6, 6.07) is 0. The first-order chi connectivity index (χ1) is 0. The molecular formula is H2CaFeNaNiSSiV. The largest absolute Gasteiger partial charge is 0.197 e. The average Bonchev–Trinajstić information content (AvgIpc) is 0. The molecule has 0 N–H and O–H groups in total. The van der Waals surface area contributed by atoms with Crippen molar-refractivity contribution in [3.8, 4) is 0 Å². The first kappa shape index (κ1) is 63.4. The van der Waals surface area contributed by atoms with Crippen LogP contribution in [0.3, 0.4) is 0 Å². The van der Waals surface area contributed by atoms with Crippen LogP contribution in [-0.2, 0) is 52.1 Å². The first-order valence-corrected chi connectivity index (χ1v) is 0. The molecule has 8 radical (unpaired) electrons. The molecule has 7 heteroatoms. The topological polar surface area (TPSA) is 0 Å². The summed E-state index contributed by atoms with van der Waals surface area (Å²) in [6.45, 7) is 0. The molecule has 0 atom stereocenters. The molecule has 0 bridgehead atoms. The Morgan fingerprint density at radius 1 is 1.00 bits per heavy atom. The second kappa shape index (κ2) is 47.3. The zero-order chi connectivity index (χ0) is 0. The molecule has 0 aromatic carbocycles. The third-order valence-electron chi connectivity index (χ3n) is 0. The number of rotatable bonds is 0. The smallest absolute Gasteiger partial charge is 0 e. The second-order valence-electron chi connectivity index (χ2n) is 0. The van der Waals surface area contributed by atoms with E-state index in [1.54, 1.807) is 0 Å². The summed E-state index contributed by atoms with van der Waals surface area (Å²) in [4.78, 5) is 0. The van der Waals surface area contributed by atoms with Gasteiger partial charge >= 0.3 is 0 Å². The van der Waals surface area contributed by atoms with Crippen molar-refractivity contribution in [2.24, 2.45) is 0 Å². The van der Waals surface area contributed by atoms with E-state index in [1.807, 2.05) is 0 Å². The Labute approximate surface area is 141 Å². The quantitative estimate of drug-likeness (QED) is 0.500. The summed E-state index contributed by atoms with van der Waals surface area (Å²) >= 11 is 0. The van der Waals surface area contributed by atoms with E-state index < -0.39 is 0 Å². The first-order valence-electron chi connectivity index (χ1n) is 0. The van der Waals surface area contributed by atoms with Gasteiger partial charge in [0.2, 0.25) is 0 Å². The molecule has 0 heterocycles. The van der Waals surface area contributed by atoms with Crippen LogP contribution in [0.1, 0.15) is 0 Å². The summed E-state index contributed by atoms with van der Waals surface area (Å²) < 4.78 is 0. The van der Waals surface area contributed by atoms with Crippen LogP contribution in [0.25, 0.3) is 0 Å². The normalized spacial score (nSPS) is 0. The molecule has 0 nitrogen and oxygen atoms in total. The Hall–Kier alpha value is 4.42. The molecule has 0 aromatic rings. The zero-order valence-electron chi connectivity index (χ0n) is 3.82. The minimum absolute atomic E-state index is 0. The third kappa shape index (κ3) is 37.8. The molecule has 0 amide bonds. The monoisotopic (exact) mass is 290 g/mol. The Morgan fingerprint density at radius 2 is 1.00 bits per heavy atom. The van der Waals surface area contributed by atoms with E-state index >= 15 is 0 Å². The van der Waals surface area contributed by atoms with Crippen molar-refractivity contribution in [2.45, 2.75) is 0 Å². The standard InChI is InChI=1S/Ca.Fe.Na.Ni.H2S.Si.V/h;;;;1H2;;. The van der Waals surface area contributed by atoms with Gasteiger partial charge in [-0.2, -0.15) is 13.5 Å². The van der Waals surface area contributed by atoms with Crippen LogP contribution < -0.4 is 0 Å². The van der Waals surface area contributed by atoms with Gasteiger partial charge in [0.25, 0.3) is 0 Å². The Bertz CT molecular complexity index is 19.7. The molecule has 0 spiro atoms. The van der Waals surface area contributed by atoms with Crippen molar-refractivity contribution in [3.05, 3.63) is 0 Å². The average molecular weight is 291 g/mol. The van der Waals surface area contributed by atoms with E-state index in [-0.39, 0.29) is 144 Å². The minimum Gasteiger partial charge on any atom is -0.197 e. The van der Waals surface area contributed by atoms with Gasteiger partial charge in [0.1, 0.15) is 0 Å².